The number of nitriles is 1. The van der Waals surface area contributed by atoms with Crippen LogP contribution in [0.1, 0.15) is 18.2 Å². The van der Waals surface area contributed by atoms with Crippen molar-refractivity contribution in [3.05, 3.63) is 59.9 Å². The number of ether oxygens (including phenoxy) is 2. The van der Waals surface area contributed by atoms with Crippen LogP contribution < -0.4 is 9.64 Å². The van der Waals surface area contributed by atoms with Crippen LogP contribution in [-0.4, -0.2) is 40.9 Å². The Morgan fingerprint density at radius 2 is 2.10 bits per heavy atom. The normalized spacial score (nSPS) is 16.2. The van der Waals surface area contributed by atoms with Gasteiger partial charge in [0.05, 0.1) is 42.8 Å². The smallest absolute Gasteiger partial charge is 0.138 e. The van der Waals surface area contributed by atoms with Crippen LogP contribution >= 0.6 is 0 Å². The highest BCUT2D eigenvalue weighted by Crippen LogP contribution is 2.35. The van der Waals surface area contributed by atoms with Gasteiger partial charge in [-0.2, -0.15) is 5.26 Å². The molecule has 1 aliphatic rings. The fraction of sp³-hybridized carbons (Fsp3) is 0.261. The zero-order valence-corrected chi connectivity index (χ0v) is 16.9. The Bertz CT molecular complexity index is 1090. The SMILES string of the molecule is Cc1cc(Oc2cc(C#N)ccc2-c2ccc(O)cn2)cc(N2CCOC[C@H]2C)n1. The van der Waals surface area contributed by atoms with Crippen LogP contribution in [0, 0.1) is 18.3 Å². The molecule has 30 heavy (non-hydrogen) atoms. The van der Waals surface area contributed by atoms with Crippen LogP contribution in [0.2, 0.25) is 0 Å². The van der Waals surface area contributed by atoms with Crippen molar-refractivity contribution < 1.29 is 14.6 Å². The minimum Gasteiger partial charge on any atom is -0.506 e. The average molecular weight is 402 g/mol. The summed E-state index contributed by atoms with van der Waals surface area (Å²) in [6.07, 6.45) is 1.38. The summed E-state index contributed by atoms with van der Waals surface area (Å²) >= 11 is 0. The minimum atomic E-state index is 0.0869. The van der Waals surface area contributed by atoms with E-state index in [1.807, 2.05) is 19.1 Å². The molecule has 0 aliphatic carbocycles. The second kappa shape index (κ2) is 8.39. The third-order valence-corrected chi connectivity index (χ3v) is 4.94. The lowest BCUT2D eigenvalue weighted by Crippen LogP contribution is -2.44. The first kappa shape index (κ1) is 19.7. The number of rotatable bonds is 4. The Kier molecular flexibility index (Phi) is 5.50. The lowest BCUT2D eigenvalue weighted by molar-refractivity contribution is 0.0985. The van der Waals surface area contributed by atoms with Crippen molar-refractivity contribution in [3.8, 4) is 34.6 Å². The van der Waals surface area contributed by atoms with Crippen molar-refractivity contribution in [2.45, 2.75) is 19.9 Å². The summed E-state index contributed by atoms with van der Waals surface area (Å²) < 4.78 is 11.8. The van der Waals surface area contributed by atoms with Gasteiger partial charge in [-0.1, -0.05) is 0 Å². The van der Waals surface area contributed by atoms with E-state index >= 15 is 0 Å². The summed E-state index contributed by atoms with van der Waals surface area (Å²) in [4.78, 5) is 11.2. The van der Waals surface area contributed by atoms with Crippen LogP contribution in [0.25, 0.3) is 11.3 Å². The van der Waals surface area contributed by atoms with Gasteiger partial charge in [0.25, 0.3) is 0 Å². The standard InChI is InChI=1S/C23H22N4O3/c1-15-9-19(11-23(26-15)27-7-8-29-14-16(27)2)30-22-10-17(12-24)3-5-20(22)21-6-4-18(28)13-25-21/h3-6,9-11,13,16,28H,7-8,14H2,1-2H3/t16-/m1/s1. The number of morpholine rings is 1. The van der Waals surface area contributed by atoms with Crippen molar-refractivity contribution in [2.24, 2.45) is 0 Å². The van der Waals surface area contributed by atoms with Crippen molar-refractivity contribution in [3.63, 3.8) is 0 Å². The van der Waals surface area contributed by atoms with E-state index in [-0.39, 0.29) is 11.8 Å². The number of aromatic nitrogens is 2. The number of aromatic hydroxyl groups is 1. The molecular formula is C23H22N4O3. The van der Waals surface area contributed by atoms with Gasteiger partial charge in [0.15, 0.2) is 0 Å². The van der Waals surface area contributed by atoms with Gasteiger partial charge < -0.3 is 19.5 Å². The number of hydrogen-bond donors (Lipinski definition) is 1. The molecule has 0 unspecified atom stereocenters. The molecule has 0 spiro atoms. The number of anilines is 1. The first-order chi connectivity index (χ1) is 14.5. The van der Waals surface area contributed by atoms with Gasteiger partial charge in [-0.15, -0.1) is 0 Å². The van der Waals surface area contributed by atoms with Crippen molar-refractivity contribution >= 4 is 5.82 Å². The summed E-state index contributed by atoms with van der Waals surface area (Å²) in [5, 5.41) is 18.9. The van der Waals surface area contributed by atoms with Crippen molar-refractivity contribution in [1.82, 2.24) is 9.97 Å². The number of hydrogen-bond acceptors (Lipinski definition) is 7. The third kappa shape index (κ3) is 4.19. The van der Waals surface area contributed by atoms with Gasteiger partial charge in [0, 0.05) is 29.9 Å². The maximum atomic E-state index is 9.54. The van der Waals surface area contributed by atoms with Gasteiger partial charge in [-0.05, 0) is 44.2 Å². The highest BCUT2D eigenvalue weighted by Gasteiger charge is 2.21. The summed E-state index contributed by atoms with van der Waals surface area (Å²) in [7, 11) is 0. The van der Waals surface area contributed by atoms with E-state index in [1.54, 1.807) is 30.3 Å². The van der Waals surface area contributed by atoms with E-state index in [4.69, 9.17) is 9.47 Å². The van der Waals surface area contributed by atoms with E-state index in [1.165, 1.54) is 6.20 Å². The molecule has 1 aliphatic heterocycles. The van der Waals surface area contributed by atoms with Gasteiger partial charge in [-0.3, -0.25) is 4.98 Å². The van der Waals surface area contributed by atoms with Gasteiger partial charge in [0.1, 0.15) is 23.1 Å². The van der Waals surface area contributed by atoms with Crippen LogP contribution in [0.4, 0.5) is 5.82 Å². The Labute approximate surface area is 175 Å². The molecule has 0 radical (unpaired) electrons. The zero-order chi connectivity index (χ0) is 21.1. The van der Waals surface area contributed by atoms with E-state index < -0.39 is 0 Å². The Hall–Kier alpha value is -3.63. The molecule has 1 saturated heterocycles. The molecule has 4 rings (SSSR count). The molecular weight excluding hydrogens is 380 g/mol. The summed E-state index contributed by atoms with van der Waals surface area (Å²) in [5.74, 6) is 2.07. The molecule has 0 saturated carbocycles. The lowest BCUT2D eigenvalue weighted by Gasteiger charge is -2.34. The molecule has 7 nitrogen and oxygen atoms in total. The topological polar surface area (TPSA) is 91.5 Å². The van der Waals surface area contributed by atoms with E-state index in [0.29, 0.717) is 36.0 Å². The van der Waals surface area contributed by atoms with Crippen LogP contribution in [0.15, 0.2) is 48.7 Å². The maximum absolute atomic E-state index is 9.54. The average Bonchev–Trinajstić information content (AvgIpc) is 2.74. The highest BCUT2D eigenvalue weighted by molar-refractivity contribution is 5.69. The second-order valence-corrected chi connectivity index (χ2v) is 7.25. The van der Waals surface area contributed by atoms with Gasteiger partial charge in [-0.25, -0.2) is 4.98 Å². The van der Waals surface area contributed by atoms with E-state index in [0.717, 1.165) is 23.6 Å². The van der Waals surface area contributed by atoms with Crippen molar-refractivity contribution in [1.29, 1.82) is 5.26 Å². The second-order valence-electron chi connectivity index (χ2n) is 7.25. The first-order valence-corrected chi connectivity index (χ1v) is 9.74. The predicted octanol–water partition coefficient (Wildman–Crippen LogP) is 4.05. The number of aryl methyl sites for hydroxylation is 1. The molecule has 0 amide bonds. The quantitative estimate of drug-likeness (QED) is 0.704. The molecule has 1 aromatic carbocycles. The Balaban J connectivity index is 1.71. The molecule has 0 bridgehead atoms. The molecule has 1 atom stereocenters. The minimum absolute atomic E-state index is 0.0869. The number of pyridine rings is 2. The Morgan fingerprint density at radius 1 is 1.23 bits per heavy atom. The largest absolute Gasteiger partial charge is 0.506 e. The van der Waals surface area contributed by atoms with E-state index in [2.05, 4.69) is 27.9 Å². The molecule has 3 heterocycles. The van der Waals surface area contributed by atoms with Crippen LogP contribution in [0.5, 0.6) is 17.2 Å². The molecule has 152 valence electrons. The summed E-state index contributed by atoms with van der Waals surface area (Å²) in [6.45, 7) is 6.12. The number of benzene rings is 1. The highest BCUT2D eigenvalue weighted by atomic mass is 16.5. The summed E-state index contributed by atoms with van der Waals surface area (Å²) in [5.41, 5.74) is 2.69. The predicted molar refractivity (Wildman–Crippen MR) is 113 cm³/mol. The number of nitrogens with zero attached hydrogens (tertiary/aromatic N) is 4. The lowest BCUT2D eigenvalue weighted by atomic mass is 10.1. The monoisotopic (exact) mass is 402 g/mol. The molecule has 7 heteroatoms. The maximum Gasteiger partial charge on any atom is 0.138 e. The zero-order valence-electron chi connectivity index (χ0n) is 16.9. The fourth-order valence-corrected chi connectivity index (χ4v) is 3.45. The molecule has 1 fully saturated rings. The third-order valence-electron chi connectivity index (χ3n) is 4.94. The van der Waals surface area contributed by atoms with Crippen LogP contribution in [-0.2, 0) is 4.74 Å². The fourth-order valence-electron chi connectivity index (χ4n) is 3.45. The molecule has 2 aromatic heterocycles. The van der Waals surface area contributed by atoms with Crippen LogP contribution in [0.3, 0.4) is 0 Å². The van der Waals surface area contributed by atoms with Gasteiger partial charge >= 0.3 is 0 Å². The molecule has 3 aromatic rings. The van der Waals surface area contributed by atoms with Crippen molar-refractivity contribution in [2.75, 3.05) is 24.7 Å². The summed E-state index contributed by atoms with van der Waals surface area (Å²) in [6, 6.07) is 14.6. The first-order valence-electron chi connectivity index (χ1n) is 9.74. The molecule has 1 N–H and O–H groups in total. The Morgan fingerprint density at radius 3 is 2.83 bits per heavy atom. The van der Waals surface area contributed by atoms with E-state index in [9.17, 15) is 10.4 Å². The van der Waals surface area contributed by atoms with Gasteiger partial charge in [0.2, 0.25) is 0 Å².